The number of ether oxygens (including phenoxy) is 1. The van der Waals surface area contributed by atoms with Crippen LogP contribution in [-0.4, -0.2) is 66.6 Å². The van der Waals surface area contributed by atoms with Gasteiger partial charge in [0.25, 0.3) is 0 Å². The fourth-order valence-electron chi connectivity index (χ4n) is 4.11. The molecular formula is C18H31N3O4S. The van der Waals surface area contributed by atoms with E-state index < -0.39 is 9.84 Å². The van der Waals surface area contributed by atoms with Crippen molar-refractivity contribution in [1.82, 2.24) is 14.5 Å². The maximum absolute atomic E-state index is 13.0. The van der Waals surface area contributed by atoms with Crippen molar-refractivity contribution in [3.63, 3.8) is 0 Å². The van der Waals surface area contributed by atoms with E-state index >= 15 is 0 Å². The molecule has 1 saturated carbocycles. The van der Waals surface area contributed by atoms with Gasteiger partial charge in [-0.25, -0.2) is 13.4 Å². The van der Waals surface area contributed by atoms with Gasteiger partial charge in [-0.1, -0.05) is 19.3 Å². The fourth-order valence-corrected chi connectivity index (χ4v) is 5.97. The molecule has 1 atom stereocenters. The number of aromatic nitrogens is 2. The molecule has 1 aromatic heterocycles. The quantitative estimate of drug-likeness (QED) is 0.729. The molecule has 2 aliphatic rings. The number of imidazole rings is 1. The largest absolute Gasteiger partial charge is 0.392 e. The Bertz CT molecular complexity index is 683. The zero-order valence-corrected chi connectivity index (χ0v) is 16.5. The summed E-state index contributed by atoms with van der Waals surface area (Å²) >= 11 is 0. The highest BCUT2D eigenvalue weighted by Crippen LogP contribution is 2.27. The summed E-state index contributed by atoms with van der Waals surface area (Å²) < 4.78 is 33.0. The average Bonchev–Trinajstić information content (AvgIpc) is 3.20. The molecule has 3 rings (SSSR count). The molecule has 1 saturated heterocycles. The van der Waals surface area contributed by atoms with E-state index in [0.29, 0.717) is 26.2 Å². The van der Waals surface area contributed by atoms with Crippen LogP contribution in [0.25, 0.3) is 0 Å². The molecule has 1 N–H and O–H groups in total. The predicted molar refractivity (Wildman–Crippen MR) is 98.6 cm³/mol. The third-order valence-corrected chi connectivity index (χ3v) is 7.30. The fraction of sp³-hybridized carbons (Fsp3) is 0.833. The molecule has 0 bridgehead atoms. The molecule has 0 radical (unpaired) electrons. The lowest BCUT2D eigenvalue weighted by atomic mass is 9.91. The van der Waals surface area contributed by atoms with E-state index in [9.17, 15) is 13.5 Å². The van der Waals surface area contributed by atoms with E-state index in [-0.39, 0.29) is 22.9 Å². The number of nitrogens with zero attached hydrogens (tertiary/aromatic N) is 3. The summed E-state index contributed by atoms with van der Waals surface area (Å²) in [6.45, 7) is 2.96. The van der Waals surface area contributed by atoms with Gasteiger partial charge in [0.2, 0.25) is 15.0 Å². The van der Waals surface area contributed by atoms with E-state index in [4.69, 9.17) is 4.74 Å². The smallest absolute Gasteiger partial charge is 0.227 e. The van der Waals surface area contributed by atoms with Crippen molar-refractivity contribution < 1.29 is 18.3 Å². The topological polar surface area (TPSA) is 84.7 Å². The Balaban J connectivity index is 1.78. The average molecular weight is 386 g/mol. The minimum absolute atomic E-state index is 0.176. The number of aliphatic hydroxyl groups is 1. The molecule has 1 aliphatic carbocycles. The van der Waals surface area contributed by atoms with Gasteiger partial charge in [-0.05, 0) is 25.2 Å². The lowest BCUT2D eigenvalue weighted by Crippen LogP contribution is -2.26. The molecular weight excluding hydrogens is 354 g/mol. The lowest BCUT2D eigenvalue weighted by Gasteiger charge is -2.22. The Kier molecular flexibility index (Phi) is 6.71. The number of hydrogen-bond acceptors (Lipinski definition) is 6. The van der Waals surface area contributed by atoms with Crippen molar-refractivity contribution >= 4 is 9.84 Å². The van der Waals surface area contributed by atoms with Crippen LogP contribution in [0.3, 0.4) is 0 Å². The number of methoxy groups -OCH3 is 1. The second-order valence-corrected chi connectivity index (χ2v) is 9.57. The van der Waals surface area contributed by atoms with Crippen molar-refractivity contribution in [2.24, 2.45) is 5.92 Å². The molecule has 2 fully saturated rings. The number of hydrogen-bond donors (Lipinski definition) is 1. The highest BCUT2D eigenvalue weighted by atomic mass is 32.2. The van der Waals surface area contributed by atoms with Gasteiger partial charge in [-0.15, -0.1) is 0 Å². The van der Waals surface area contributed by atoms with Gasteiger partial charge in [-0.3, -0.25) is 4.90 Å². The molecule has 0 spiro atoms. The number of likely N-dealkylation sites (tertiary alicyclic amines) is 1. The first-order valence-corrected chi connectivity index (χ1v) is 11.3. The number of aliphatic hydroxyl groups excluding tert-OH is 1. The summed E-state index contributed by atoms with van der Waals surface area (Å²) in [5.74, 6) is 0.442. The van der Waals surface area contributed by atoms with E-state index in [0.717, 1.165) is 44.3 Å². The third kappa shape index (κ3) is 4.85. The van der Waals surface area contributed by atoms with Crippen LogP contribution in [-0.2, 0) is 27.7 Å². The second kappa shape index (κ2) is 8.82. The van der Waals surface area contributed by atoms with Crippen LogP contribution in [0.15, 0.2) is 11.4 Å². The van der Waals surface area contributed by atoms with Crippen LogP contribution in [0.4, 0.5) is 0 Å². The first-order valence-electron chi connectivity index (χ1n) is 9.66. The van der Waals surface area contributed by atoms with Gasteiger partial charge in [0.15, 0.2) is 0 Å². The van der Waals surface area contributed by atoms with E-state index in [2.05, 4.69) is 9.88 Å². The summed E-state index contributed by atoms with van der Waals surface area (Å²) in [6.07, 6.45) is 7.60. The van der Waals surface area contributed by atoms with Crippen molar-refractivity contribution in [2.75, 3.05) is 32.6 Å². The summed E-state index contributed by atoms with van der Waals surface area (Å²) in [5, 5.41) is 9.90. The summed E-state index contributed by atoms with van der Waals surface area (Å²) in [6, 6.07) is 0. The van der Waals surface area contributed by atoms with Gasteiger partial charge in [-0.2, -0.15) is 0 Å². The van der Waals surface area contributed by atoms with Gasteiger partial charge in [0.05, 0.1) is 30.4 Å². The highest BCUT2D eigenvalue weighted by molar-refractivity contribution is 7.91. The molecule has 1 aromatic rings. The third-order valence-electron chi connectivity index (χ3n) is 5.51. The maximum atomic E-state index is 13.0. The van der Waals surface area contributed by atoms with Crippen LogP contribution in [0.2, 0.25) is 0 Å². The Morgan fingerprint density at radius 3 is 2.69 bits per heavy atom. The van der Waals surface area contributed by atoms with Crippen molar-refractivity contribution in [3.8, 4) is 0 Å². The number of rotatable bonds is 8. The van der Waals surface area contributed by atoms with Gasteiger partial charge in [0, 0.05) is 33.3 Å². The zero-order valence-electron chi connectivity index (χ0n) is 15.6. The molecule has 7 nitrogen and oxygen atoms in total. The maximum Gasteiger partial charge on any atom is 0.227 e. The molecule has 8 heteroatoms. The Labute approximate surface area is 156 Å². The predicted octanol–water partition coefficient (Wildman–Crippen LogP) is 1.45. The summed E-state index contributed by atoms with van der Waals surface area (Å²) in [7, 11) is -1.80. The van der Waals surface area contributed by atoms with E-state index in [1.165, 1.54) is 6.42 Å². The molecule has 26 heavy (non-hydrogen) atoms. The summed E-state index contributed by atoms with van der Waals surface area (Å²) in [4.78, 5) is 6.44. The first-order chi connectivity index (χ1) is 12.5. The number of sulfone groups is 1. The monoisotopic (exact) mass is 385 g/mol. The zero-order chi connectivity index (χ0) is 18.6. The Morgan fingerprint density at radius 2 is 2.04 bits per heavy atom. The van der Waals surface area contributed by atoms with Crippen LogP contribution >= 0.6 is 0 Å². The molecule has 0 unspecified atom stereocenters. The lowest BCUT2D eigenvalue weighted by molar-refractivity contribution is 0.170. The van der Waals surface area contributed by atoms with Crippen molar-refractivity contribution in [2.45, 2.75) is 62.9 Å². The standard InChI is InChI=1S/C18H31N3O4S/c1-25-10-9-21-16(12-20-8-7-17(22)13-20)11-19-18(21)26(23,24)14-15-5-3-2-4-6-15/h11,15,17,22H,2-10,12-14H2,1H3/t17-/m0/s1. The SMILES string of the molecule is COCCn1c(CN2CC[C@H](O)C2)cnc1S(=O)(=O)CC1CCCCC1. The van der Waals surface area contributed by atoms with Crippen LogP contribution in [0.1, 0.15) is 44.2 Å². The van der Waals surface area contributed by atoms with Gasteiger partial charge < -0.3 is 14.4 Å². The minimum Gasteiger partial charge on any atom is -0.392 e. The molecule has 0 amide bonds. The van der Waals surface area contributed by atoms with E-state index in [1.807, 2.05) is 0 Å². The van der Waals surface area contributed by atoms with Crippen LogP contribution in [0.5, 0.6) is 0 Å². The van der Waals surface area contributed by atoms with Crippen molar-refractivity contribution in [3.05, 3.63) is 11.9 Å². The van der Waals surface area contributed by atoms with Crippen LogP contribution in [0, 0.1) is 5.92 Å². The molecule has 2 heterocycles. The summed E-state index contributed by atoms with van der Waals surface area (Å²) in [5.41, 5.74) is 0.873. The Morgan fingerprint density at radius 1 is 1.27 bits per heavy atom. The van der Waals surface area contributed by atoms with E-state index in [1.54, 1.807) is 17.9 Å². The van der Waals surface area contributed by atoms with Gasteiger partial charge >= 0.3 is 0 Å². The molecule has 1 aliphatic heterocycles. The van der Waals surface area contributed by atoms with Crippen molar-refractivity contribution in [1.29, 1.82) is 0 Å². The number of β-amino-alcohol motifs (C(OH)–C–C–N with tert-alkyl or cyclic N) is 1. The second-order valence-electron chi connectivity index (χ2n) is 7.64. The van der Waals surface area contributed by atoms with Crippen LogP contribution < -0.4 is 0 Å². The molecule has 0 aromatic carbocycles. The highest BCUT2D eigenvalue weighted by Gasteiger charge is 2.29. The Hall–Kier alpha value is -0.960. The first kappa shape index (κ1) is 19.8. The molecule has 148 valence electrons. The normalized spacial score (nSPS) is 22.9. The van der Waals surface area contributed by atoms with Gasteiger partial charge in [0.1, 0.15) is 0 Å². The minimum atomic E-state index is -3.42.